The molecular weight excluding hydrogens is 208 g/mol. The smallest absolute Gasteiger partial charge is 0.0801 e. The number of nitrogens with one attached hydrogen (secondary N) is 1. The van der Waals surface area contributed by atoms with Crippen molar-refractivity contribution in [3.63, 3.8) is 0 Å². The monoisotopic (exact) mass is 226 g/mol. The Hall–Kier alpha value is -0.520. The SMILES string of the molecule is CCc1nnsc1C(CCC1CC1)NN. The van der Waals surface area contributed by atoms with E-state index < -0.39 is 0 Å². The van der Waals surface area contributed by atoms with E-state index in [1.54, 1.807) is 0 Å². The first-order chi connectivity index (χ1) is 7.35. The number of hydrogen-bond acceptors (Lipinski definition) is 5. The van der Waals surface area contributed by atoms with Crippen LogP contribution >= 0.6 is 11.5 Å². The van der Waals surface area contributed by atoms with Gasteiger partial charge >= 0.3 is 0 Å². The van der Waals surface area contributed by atoms with Gasteiger partial charge in [0.15, 0.2) is 0 Å². The molecule has 2 rings (SSSR count). The Labute approximate surface area is 94.4 Å². The zero-order chi connectivity index (χ0) is 10.7. The van der Waals surface area contributed by atoms with Crippen LogP contribution in [-0.4, -0.2) is 9.59 Å². The largest absolute Gasteiger partial charge is 0.271 e. The maximum absolute atomic E-state index is 5.60. The van der Waals surface area contributed by atoms with Crippen LogP contribution in [0.2, 0.25) is 0 Å². The van der Waals surface area contributed by atoms with Gasteiger partial charge in [-0.15, -0.1) is 5.10 Å². The summed E-state index contributed by atoms with van der Waals surface area (Å²) in [5.41, 5.74) is 3.99. The third-order valence-electron chi connectivity index (χ3n) is 3.00. The number of aryl methyl sites for hydroxylation is 1. The van der Waals surface area contributed by atoms with Gasteiger partial charge in [-0.1, -0.05) is 24.3 Å². The fourth-order valence-electron chi connectivity index (χ4n) is 1.82. The summed E-state index contributed by atoms with van der Waals surface area (Å²) in [5.74, 6) is 6.55. The van der Waals surface area contributed by atoms with Gasteiger partial charge in [-0.05, 0) is 36.7 Å². The molecule has 1 fully saturated rings. The zero-order valence-electron chi connectivity index (χ0n) is 9.07. The van der Waals surface area contributed by atoms with Gasteiger partial charge in [-0.3, -0.25) is 11.3 Å². The van der Waals surface area contributed by atoms with Gasteiger partial charge in [0.1, 0.15) is 0 Å². The molecule has 0 saturated heterocycles. The highest BCUT2D eigenvalue weighted by atomic mass is 32.1. The van der Waals surface area contributed by atoms with Crippen LogP contribution < -0.4 is 11.3 Å². The number of hydrogen-bond donors (Lipinski definition) is 2. The van der Waals surface area contributed by atoms with E-state index in [1.165, 1.54) is 35.7 Å². The molecule has 3 N–H and O–H groups in total. The molecule has 0 spiro atoms. The molecule has 0 bridgehead atoms. The Kier molecular flexibility index (Phi) is 3.66. The Balaban J connectivity index is 1.97. The summed E-state index contributed by atoms with van der Waals surface area (Å²) in [6, 6.07) is 0.251. The molecule has 1 aliphatic carbocycles. The standard InChI is InChI=1S/C10H18N4S/c1-2-8-10(15-14-13-8)9(12-11)6-5-7-3-4-7/h7,9,12H,2-6,11H2,1H3. The molecule has 1 unspecified atom stereocenters. The zero-order valence-corrected chi connectivity index (χ0v) is 9.89. The highest BCUT2D eigenvalue weighted by molar-refractivity contribution is 7.05. The van der Waals surface area contributed by atoms with Gasteiger partial charge in [-0.25, -0.2) is 0 Å². The molecule has 5 heteroatoms. The Bertz CT molecular complexity index is 308. The summed E-state index contributed by atoms with van der Waals surface area (Å²) in [6.07, 6.45) is 6.12. The van der Waals surface area contributed by atoms with Crippen LogP contribution in [0.3, 0.4) is 0 Å². The molecule has 4 nitrogen and oxygen atoms in total. The van der Waals surface area contributed by atoms with Crippen LogP contribution in [0.1, 0.15) is 49.2 Å². The fourth-order valence-corrected chi connectivity index (χ4v) is 2.66. The van der Waals surface area contributed by atoms with Gasteiger partial charge in [0.2, 0.25) is 0 Å². The van der Waals surface area contributed by atoms with Crippen molar-refractivity contribution in [3.05, 3.63) is 10.6 Å². The molecular formula is C10H18N4S. The van der Waals surface area contributed by atoms with Crippen molar-refractivity contribution in [2.45, 2.75) is 45.1 Å². The second kappa shape index (κ2) is 5.01. The molecule has 1 aromatic heterocycles. The highest BCUT2D eigenvalue weighted by Gasteiger charge is 2.24. The van der Waals surface area contributed by atoms with E-state index in [0.29, 0.717) is 0 Å². The van der Waals surface area contributed by atoms with E-state index in [1.807, 2.05) is 0 Å². The highest BCUT2D eigenvalue weighted by Crippen LogP contribution is 2.36. The molecule has 0 amide bonds. The molecule has 1 atom stereocenters. The van der Waals surface area contributed by atoms with Crippen molar-refractivity contribution in [2.75, 3.05) is 0 Å². The van der Waals surface area contributed by atoms with Crippen LogP contribution in [0.4, 0.5) is 0 Å². The molecule has 0 aromatic carbocycles. The Morgan fingerprint density at radius 2 is 2.40 bits per heavy atom. The topological polar surface area (TPSA) is 63.8 Å². The Morgan fingerprint density at radius 3 is 3.00 bits per heavy atom. The van der Waals surface area contributed by atoms with Crippen molar-refractivity contribution in [1.29, 1.82) is 0 Å². The van der Waals surface area contributed by atoms with E-state index in [9.17, 15) is 0 Å². The maximum Gasteiger partial charge on any atom is 0.0801 e. The minimum Gasteiger partial charge on any atom is -0.271 e. The quantitative estimate of drug-likeness (QED) is 0.573. The molecule has 1 aromatic rings. The van der Waals surface area contributed by atoms with Crippen molar-refractivity contribution in [1.82, 2.24) is 15.0 Å². The minimum absolute atomic E-state index is 0.251. The van der Waals surface area contributed by atoms with Gasteiger partial charge < -0.3 is 0 Å². The lowest BCUT2D eigenvalue weighted by molar-refractivity contribution is 0.485. The van der Waals surface area contributed by atoms with Gasteiger partial charge in [0.05, 0.1) is 16.6 Å². The molecule has 0 radical (unpaired) electrons. The van der Waals surface area contributed by atoms with Crippen LogP contribution in [0.25, 0.3) is 0 Å². The van der Waals surface area contributed by atoms with E-state index in [0.717, 1.165) is 24.5 Å². The average Bonchev–Trinajstić information content (AvgIpc) is 2.96. The van der Waals surface area contributed by atoms with Crippen LogP contribution in [-0.2, 0) is 6.42 Å². The Morgan fingerprint density at radius 1 is 1.60 bits per heavy atom. The molecule has 84 valence electrons. The first-order valence-corrected chi connectivity index (χ1v) is 6.39. The fraction of sp³-hybridized carbons (Fsp3) is 0.800. The lowest BCUT2D eigenvalue weighted by Gasteiger charge is -2.14. The number of nitrogens with zero attached hydrogens (tertiary/aromatic N) is 2. The van der Waals surface area contributed by atoms with E-state index in [-0.39, 0.29) is 6.04 Å². The van der Waals surface area contributed by atoms with Crippen molar-refractivity contribution < 1.29 is 0 Å². The van der Waals surface area contributed by atoms with Crippen molar-refractivity contribution >= 4 is 11.5 Å². The maximum atomic E-state index is 5.60. The summed E-state index contributed by atoms with van der Waals surface area (Å²) >= 11 is 1.48. The second-order valence-corrected chi connectivity index (χ2v) is 4.96. The molecule has 1 heterocycles. The van der Waals surface area contributed by atoms with E-state index in [2.05, 4.69) is 21.9 Å². The average molecular weight is 226 g/mol. The first-order valence-electron chi connectivity index (χ1n) is 5.62. The molecule has 15 heavy (non-hydrogen) atoms. The van der Waals surface area contributed by atoms with Gasteiger partial charge in [0.25, 0.3) is 0 Å². The third kappa shape index (κ3) is 2.74. The summed E-state index contributed by atoms with van der Waals surface area (Å²) in [4.78, 5) is 1.22. The van der Waals surface area contributed by atoms with Crippen molar-refractivity contribution in [3.8, 4) is 0 Å². The second-order valence-electron chi connectivity index (χ2n) is 4.18. The third-order valence-corrected chi connectivity index (χ3v) is 3.88. The van der Waals surface area contributed by atoms with Gasteiger partial charge in [-0.2, -0.15) is 0 Å². The predicted molar refractivity (Wildman–Crippen MR) is 61.3 cm³/mol. The van der Waals surface area contributed by atoms with Crippen LogP contribution in [0.15, 0.2) is 0 Å². The molecule has 1 saturated carbocycles. The van der Waals surface area contributed by atoms with Crippen LogP contribution in [0.5, 0.6) is 0 Å². The van der Waals surface area contributed by atoms with E-state index in [4.69, 9.17) is 5.84 Å². The number of nitrogens with two attached hydrogens (primary N) is 1. The predicted octanol–water partition coefficient (Wildman–Crippen LogP) is 1.80. The van der Waals surface area contributed by atoms with Crippen LogP contribution in [0, 0.1) is 5.92 Å². The number of aromatic nitrogens is 2. The minimum atomic E-state index is 0.251. The summed E-state index contributed by atoms with van der Waals surface area (Å²) in [5, 5.41) is 4.12. The number of hydrazine groups is 1. The lowest BCUT2D eigenvalue weighted by atomic mass is 10.1. The summed E-state index contributed by atoms with van der Waals surface area (Å²) in [7, 11) is 0. The van der Waals surface area contributed by atoms with Crippen molar-refractivity contribution in [2.24, 2.45) is 11.8 Å². The summed E-state index contributed by atoms with van der Waals surface area (Å²) in [6.45, 7) is 2.11. The summed E-state index contributed by atoms with van der Waals surface area (Å²) < 4.78 is 4.00. The molecule has 0 aliphatic heterocycles. The normalized spacial score (nSPS) is 18.0. The lowest BCUT2D eigenvalue weighted by Crippen LogP contribution is -2.28. The number of rotatable bonds is 6. The van der Waals surface area contributed by atoms with Gasteiger partial charge in [0, 0.05) is 0 Å². The first kappa shape index (κ1) is 11.0. The molecule has 1 aliphatic rings. The van der Waals surface area contributed by atoms with E-state index >= 15 is 0 Å².